The van der Waals surface area contributed by atoms with Crippen LogP contribution in [0.15, 0.2) is 42.6 Å². The Morgan fingerprint density at radius 3 is 2.80 bits per heavy atom. The van der Waals surface area contributed by atoms with Gasteiger partial charge in [0.15, 0.2) is 5.65 Å². The van der Waals surface area contributed by atoms with Gasteiger partial charge in [0.1, 0.15) is 11.5 Å². The molecule has 20 heavy (non-hydrogen) atoms. The van der Waals surface area contributed by atoms with Crippen LogP contribution in [0.1, 0.15) is 18.2 Å². The SMILES string of the molecule is CC(=N)c1nn(Cc2ccccc2F)c2ncccc12. The quantitative estimate of drug-likeness (QED) is 0.742. The lowest BCUT2D eigenvalue weighted by Gasteiger charge is -2.04. The molecule has 5 heteroatoms. The molecule has 0 aliphatic rings. The van der Waals surface area contributed by atoms with Gasteiger partial charge in [-0.05, 0) is 25.1 Å². The number of rotatable bonds is 3. The Morgan fingerprint density at radius 1 is 1.25 bits per heavy atom. The van der Waals surface area contributed by atoms with Gasteiger partial charge < -0.3 is 5.41 Å². The van der Waals surface area contributed by atoms with E-state index in [0.29, 0.717) is 29.2 Å². The van der Waals surface area contributed by atoms with Crippen LogP contribution in [-0.4, -0.2) is 20.5 Å². The van der Waals surface area contributed by atoms with Gasteiger partial charge in [0.05, 0.1) is 12.3 Å². The monoisotopic (exact) mass is 268 g/mol. The van der Waals surface area contributed by atoms with Crippen molar-refractivity contribution in [2.24, 2.45) is 0 Å². The zero-order valence-corrected chi connectivity index (χ0v) is 11.0. The molecule has 4 nitrogen and oxygen atoms in total. The van der Waals surface area contributed by atoms with Crippen LogP contribution in [0.2, 0.25) is 0 Å². The van der Waals surface area contributed by atoms with Crippen LogP contribution in [0.3, 0.4) is 0 Å². The van der Waals surface area contributed by atoms with Gasteiger partial charge in [0.2, 0.25) is 0 Å². The maximum atomic E-state index is 13.7. The van der Waals surface area contributed by atoms with Gasteiger partial charge in [0, 0.05) is 17.1 Å². The number of nitrogens with one attached hydrogen (secondary N) is 1. The number of aromatic nitrogens is 3. The molecule has 3 aromatic rings. The van der Waals surface area contributed by atoms with E-state index in [1.54, 1.807) is 36.0 Å². The number of pyridine rings is 1. The smallest absolute Gasteiger partial charge is 0.158 e. The van der Waals surface area contributed by atoms with Crippen molar-refractivity contribution in [1.82, 2.24) is 14.8 Å². The van der Waals surface area contributed by atoms with Gasteiger partial charge in [-0.15, -0.1) is 0 Å². The van der Waals surface area contributed by atoms with Crippen LogP contribution >= 0.6 is 0 Å². The van der Waals surface area contributed by atoms with Crippen molar-refractivity contribution < 1.29 is 4.39 Å². The highest BCUT2D eigenvalue weighted by atomic mass is 19.1. The van der Waals surface area contributed by atoms with Crippen molar-refractivity contribution in [2.45, 2.75) is 13.5 Å². The molecule has 0 saturated carbocycles. The largest absolute Gasteiger partial charge is 0.303 e. The highest BCUT2D eigenvalue weighted by Gasteiger charge is 2.13. The summed E-state index contributed by atoms with van der Waals surface area (Å²) in [5.74, 6) is -0.264. The predicted octanol–water partition coefficient (Wildman–Crippen LogP) is 3.01. The van der Waals surface area contributed by atoms with Crippen molar-refractivity contribution in [3.8, 4) is 0 Å². The summed E-state index contributed by atoms with van der Waals surface area (Å²) in [5, 5.41) is 13.0. The topological polar surface area (TPSA) is 54.6 Å². The van der Waals surface area contributed by atoms with Crippen molar-refractivity contribution in [1.29, 1.82) is 5.41 Å². The first kappa shape index (κ1) is 12.5. The molecule has 2 aromatic heterocycles. The van der Waals surface area contributed by atoms with Crippen LogP contribution in [0.4, 0.5) is 4.39 Å². The summed E-state index contributed by atoms with van der Waals surface area (Å²) in [6.07, 6.45) is 1.67. The second-order valence-corrected chi connectivity index (χ2v) is 4.60. The second-order valence-electron chi connectivity index (χ2n) is 4.60. The number of halogens is 1. The fourth-order valence-electron chi connectivity index (χ4n) is 2.18. The summed E-state index contributed by atoms with van der Waals surface area (Å²) in [7, 11) is 0. The van der Waals surface area contributed by atoms with Gasteiger partial charge in [-0.25, -0.2) is 14.1 Å². The zero-order valence-electron chi connectivity index (χ0n) is 11.0. The van der Waals surface area contributed by atoms with E-state index >= 15 is 0 Å². The molecule has 0 saturated heterocycles. The highest BCUT2D eigenvalue weighted by molar-refractivity contribution is 6.05. The first-order valence-electron chi connectivity index (χ1n) is 6.27. The minimum atomic E-state index is -0.264. The van der Waals surface area contributed by atoms with E-state index < -0.39 is 0 Å². The van der Waals surface area contributed by atoms with Crippen LogP contribution in [0.5, 0.6) is 0 Å². The third kappa shape index (κ3) is 2.07. The molecule has 0 aliphatic carbocycles. The molecule has 1 N–H and O–H groups in total. The molecule has 0 unspecified atom stereocenters. The third-order valence-electron chi connectivity index (χ3n) is 3.14. The molecule has 0 atom stereocenters. The number of benzene rings is 1. The summed E-state index contributed by atoms with van der Waals surface area (Å²) in [4.78, 5) is 4.29. The van der Waals surface area contributed by atoms with Gasteiger partial charge >= 0.3 is 0 Å². The molecule has 0 radical (unpaired) electrons. The molecule has 1 aromatic carbocycles. The van der Waals surface area contributed by atoms with Crippen molar-refractivity contribution in [3.63, 3.8) is 0 Å². The lowest BCUT2D eigenvalue weighted by Crippen LogP contribution is -2.05. The molecule has 0 amide bonds. The van der Waals surface area contributed by atoms with E-state index in [9.17, 15) is 4.39 Å². The summed E-state index contributed by atoms with van der Waals surface area (Å²) in [6, 6.07) is 10.3. The van der Waals surface area contributed by atoms with Crippen LogP contribution < -0.4 is 0 Å². The van der Waals surface area contributed by atoms with E-state index in [2.05, 4.69) is 10.1 Å². The highest BCUT2D eigenvalue weighted by Crippen LogP contribution is 2.18. The van der Waals surface area contributed by atoms with Gasteiger partial charge in [0.25, 0.3) is 0 Å². The first-order chi connectivity index (χ1) is 9.66. The van der Waals surface area contributed by atoms with Crippen molar-refractivity contribution in [3.05, 3.63) is 59.7 Å². The zero-order chi connectivity index (χ0) is 14.1. The molecule has 100 valence electrons. The number of hydrogen-bond donors (Lipinski definition) is 1. The summed E-state index contributed by atoms with van der Waals surface area (Å²) in [6.45, 7) is 1.98. The van der Waals surface area contributed by atoms with E-state index in [1.165, 1.54) is 6.07 Å². The Hall–Kier alpha value is -2.56. The number of hydrogen-bond acceptors (Lipinski definition) is 3. The molecule has 0 spiro atoms. The predicted molar refractivity (Wildman–Crippen MR) is 75.5 cm³/mol. The average Bonchev–Trinajstić information content (AvgIpc) is 2.81. The number of nitrogens with zero attached hydrogens (tertiary/aromatic N) is 3. The molecular formula is C15H13FN4. The Labute approximate surface area is 115 Å². The second kappa shape index (κ2) is 4.85. The standard InChI is InChI=1S/C15H13FN4/c1-10(17)14-12-6-4-8-18-15(12)20(19-14)9-11-5-2-3-7-13(11)16/h2-8,17H,9H2,1H3. The van der Waals surface area contributed by atoms with E-state index in [0.717, 1.165) is 5.39 Å². The maximum absolute atomic E-state index is 13.7. The van der Waals surface area contributed by atoms with Crippen LogP contribution in [-0.2, 0) is 6.54 Å². The third-order valence-corrected chi connectivity index (χ3v) is 3.14. The summed E-state index contributed by atoms with van der Waals surface area (Å²) >= 11 is 0. The van der Waals surface area contributed by atoms with E-state index in [1.807, 2.05) is 12.1 Å². The first-order valence-corrected chi connectivity index (χ1v) is 6.27. The maximum Gasteiger partial charge on any atom is 0.158 e. The van der Waals surface area contributed by atoms with Gasteiger partial charge in [-0.2, -0.15) is 5.10 Å². The lowest BCUT2D eigenvalue weighted by molar-refractivity contribution is 0.589. The molecule has 0 fully saturated rings. The molecular weight excluding hydrogens is 255 g/mol. The Kier molecular flexibility index (Phi) is 3.02. The van der Waals surface area contributed by atoms with Crippen LogP contribution in [0, 0.1) is 11.2 Å². The fourth-order valence-corrected chi connectivity index (χ4v) is 2.18. The Morgan fingerprint density at radius 2 is 2.05 bits per heavy atom. The van der Waals surface area contributed by atoms with E-state index in [-0.39, 0.29) is 5.82 Å². The normalized spacial score (nSPS) is 10.9. The lowest BCUT2D eigenvalue weighted by atomic mass is 10.2. The Balaban J connectivity index is 2.13. The molecule has 0 aliphatic heterocycles. The minimum Gasteiger partial charge on any atom is -0.303 e. The average molecular weight is 268 g/mol. The fraction of sp³-hybridized carbons (Fsp3) is 0.133. The summed E-state index contributed by atoms with van der Waals surface area (Å²) < 4.78 is 15.4. The molecule has 2 heterocycles. The Bertz CT molecular complexity index is 791. The van der Waals surface area contributed by atoms with Crippen molar-refractivity contribution >= 4 is 16.7 Å². The summed E-state index contributed by atoms with van der Waals surface area (Å²) in [5.41, 5.74) is 2.17. The molecule has 3 rings (SSSR count). The van der Waals surface area contributed by atoms with E-state index in [4.69, 9.17) is 5.41 Å². The number of fused-ring (bicyclic) bond motifs is 1. The molecule has 0 bridgehead atoms. The van der Waals surface area contributed by atoms with Crippen LogP contribution in [0.25, 0.3) is 11.0 Å². The van der Waals surface area contributed by atoms with Gasteiger partial charge in [-0.3, -0.25) is 0 Å². The van der Waals surface area contributed by atoms with Crippen molar-refractivity contribution in [2.75, 3.05) is 0 Å². The minimum absolute atomic E-state index is 0.264. The van der Waals surface area contributed by atoms with Gasteiger partial charge in [-0.1, -0.05) is 18.2 Å².